The quantitative estimate of drug-likeness (QED) is 0.493. The van der Waals surface area contributed by atoms with Crippen LogP contribution in [-0.4, -0.2) is 57.9 Å². The maximum absolute atomic E-state index is 12.5. The summed E-state index contributed by atoms with van der Waals surface area (Å²) in [5.74, 6) is -6.32. The molecule has 10 heteroatoms. The SMILES string of the molecule is CCC(O)C1OC(=O)CCCCC(=O)OC1(CC)C1(O)OC(=O)CCCCC(=O)O1. The van der Waals surface area contributed by atoms with E-state index in [1.165, 1.54) is 6.92 Å². The van der Waals surface area contributed by atoms with Crippen LogP contribution in [0.3, 0.4) is 0 Å². The van der Waals surface area contributed by atoms with E-state index in [1.54, 1.807) is 6.92 Å². The first-order valence-electron chi connectivity index (χ1n) is 10.4. The van der Waals surface area contributed by atoms with E-state index in [4.69, 9.17) is 18.9 Å². The molecule has 3 atom stereocenters. The molecule has 0 saturated carbocycles. The normalized spacial score (nSPS) is 29.8. The smallest absolute Gasteiger partial charge is 0.420 e. The van der Waals surface area contributed by atoms with Gasteiger partial charge in [0.05, 0.1) is 6.10 Å². The summed E-state index contributed by atoms with van der Waals surface area (Å²) in [7, 11) is 0. The van der Waals surface area contributed by atoms with E-state index < -0.39 is 47.7 Å². The molecule has 0 aromatic carbocycles. The molecule has 3 unspecified atom stereocenters. The van der Waals surface area contributed by atoms with Crippen LogP contribution in [0.25, 0.3) is 0 Å². The van der Waals surface area contributed by atoms with Gasteiger partial charge in [-0.2, -0.15) is 0 Å². The maximum atomic E-state index is 12.5. The number of carbonyl (C=O) groups is 4. The molecule has 2 aliphatic rings. The van der Waals surface area contributed by atoms with Gasteiger partial charge in [0.1, 0.15) is 0 Å². The molecule has 30 heavy (non-hydrogen) atoms. The van der Waals surface area contributed by atoms with Crippen molar-refractivity contribution in [2.24, 2.45) is 0 Å². The van der Waals surface area contributed by atoms with Crippen LogP contribution in [0.15, 0.2) is 0 Å². The number of cyclic esters (lactones) is 4. The van der Waals surface area contributed by atoms with Gasteiger partial charge in [0, 0.05) is 25.7 Å². The molecule has 10 nitrogen and oxygen atoms in total. The minimum absolute atomic E-state index is 0.0159. The second-order valence-corrected chi connectivity index (χ2v) is 7.55. The van der Waals surface area contributed by atoms with Crippen molar-refractivity contribution >= 4 is 23.9 Å². The zero-order valence-corrected chi connectivity index (χ0v) is 17.4. The second kappa shape index (κ2) is 10.2. The summed E-state index contributed by atoms with van der Waals surface area (Å²) in [6.07, 6.45) is -2.23. The Kier molecular flexibility index (Phi) is 8.19. The fourth-order valence-corrected chi connectivity index (χ4v) is 3.63. The number of aliphatic hydroxyl groups is 2. The van der Waals surface area contributed by atoms with E-state index >= 15 is 0 Å². The Hall–Kier alpha value is -2.20. The molecule has 0 bridgehead atoms. The molecular formula is C20H30O10. The van der Waals surface area contributed by atoms with Gasteiger partial charge in [-0.05, 0) is 38.5 Å². The van der Waals surface area contributed by atoms with E-state index in [2.05, 4.69) is 0 Å². The van der Waals surface area contributed by atoms with Crippen molar-refractivity contribution in [1.82, 2.24) is 0 Å². The number of aliphatic hydroxyl groups excluding tert-OH is 1. The Bertz CT molecular complexity index is 640. The number of esters is 4. The van der Waals surface area contributed by atoms with Gasteiger partial charge in [-0.1, -0.05) is 13.8 Å². The number of carbonyl (C=O) groups excluding carboxylic acids is 4. The molecule has 2 fully saturated rings. The predicted octanol–water partition coefficient (Wildman–Crippen LogP) is 1.24. The third kappa shape index (κ3) is 5.28. The highest BCUT2D eigenvalue weighted by Gasteiger charge is 2.67. The Morgan fingerprint density at radius 1 is 0.833 bits per heavy atom. The first kappa shape index (κ1) is 24.1. The van der Waals surface area contributed by atoms with Crippen LogP contribution in [0, 0.1) is 0 Å². The molecule has 0 aliphatic carbocycles. The molecule has 0 radical (unpaired) electrons. The Morgan fingerprint density at radius 2 is 1.27 bits per heavy atom. The summed E-state index contributed by atoms with van der Waals surface area (Å²) < 4.78 is 21.2. The van der Waals surface area contributed by atoms with E-state index in [1.807, 2.05) is 0 Å². The third-order valence-electron chi connectivity index (χ3n) is 5.37. The summed E-state index contributed by atoms with van der Waals surface area (Å²) >= 11 is 0. The number of hydrogen-bond acceptors (Lipinski definition) is 10. The molecule has 2 heterocycles. The number of ether oxygens (including phenoxy) is 4. The summed E-state index contributed by atoms with van der Waals surface area (Å²) in [6.45, 7) is 3.05. The molecule has 0 amide bonds. The lowest BCUT2D eigenvalue weighted by molar-refractivity contribution is -0.411. The summed E-state index contributed by atoms with van der Waals surface area (Å²) in [5, 5.41) is 22.0. The monoisotopic (exact) mass is 430 g/mol. The lowest BCUT2D eigenvalue weighted by Gasteiger charge is -2.47. The summed E-state index contributed by atoms with van der Waals surface area (Å²) in [5.41, 5.74) is -2.36. The van der Waals surface area contributed by atoms with Crippen LogP contribution in [0.4, 0.5) is 0 Å². The van der Waals surface area contributed by atoms with Crippen LogP contribution >= 0.6 is 0 Å². The van der Waals surface area contributed by atoms with Gasteiger partial charge in [-0.3, -0.25) is 19.2 Å². The topological polar surface area (TPSA) is 146 Å². The molecule has 170 valence electrons. The van der Waals surface area contributed by atoms with Crippen molar-refractivity contribution in [3.8, 4) is 0 Å². The molecule has 0 aromatic rings. The Labute approximate surface area is 174 Å². The average molecular weight is 430 g/mol. The lowest BCUT2D eigenvalue weighted by Crippen LogP contribution is -2.69. The first-order valence-corrected chi connectivity index (χ1v) is 10.4. The maximum Gasteiger partial charge on any atom is 0.420 e. The van der Waals surface area contributed by atoms with Gasteiger partial charge in [0.2, 0.25) is 0 Å². The fraction of sp³-hybridized carbons (Fsp3) is 0.800. The van der Waals surface area contributed by atoms with Crippen molar-refractivity contribution < 1.29 is 48.3 Å². The van der Waals surface area contributed by atoms with Gasteiger partial charge >= 0.3 is 29.9 Å². The van der Waals surface area contributed by atoms with Crippen LogP contribution < -0.4 is 0 Å². The third-order valence-corrected chi connectivity index (χ3v) is 5.37. The van der Waals surface area contributed by atoms with Crippen molar-refractivity contribution in [2.45, 2.75) is 102 Å². The van der Waals surface area contributed by atoms with E-state index in [0.29, 0.717) is 25.7 Å². The van der Waals surface area contributed by atoms with E-state index in [0.717, 1.165) is 0 Å². The van der Waals surface area contributed by atoms with Gasteiger partial charge in [0.25, 0.3) is 5.60 Å². The van der Waals surface area contributed by atoms with Crippen LogP contribution in [0.1, 0.15) is 78.1 Å². The highest BCUT2D eigenvalue weighted by Crippen LogP contribution is 2.41. The van der Waals surface area contributed by atoms with Gasteiger partial charge < -0.3 is 29.2 Å². The minimum atomic E-state index is -3.09. The van der Waals surface area contributed by atoms with Gasteiger partial charge in [0.15, 0.2) is 6.10 Å². The zero-order valence-electron chi connectivity index (χ0n) is 17.4. The molecule has 2 rings (SSSR count). The molecule has 0 spiro atoms. The minimum Gasteiger partial charge on any atom is -0.455 e. The predicted molar refractivity (Wildman–Crippen MR) is 99.4 cm³/mol. The lowest BCUT2D eigenvalue weighted by atomic mass is 9.85. The second-order valence-electron chi connectivity index (χ2n) is 7.55. The number of rotatable bonds is 4. The Balaban J connectivity index is 2.64. The molecular weight excluding hydrogens is 400 g/mol. The molecule has 0 aromatic heterocycles. The average Bonchev–Trinajstić information content (AvgIpc) is 2.75. The highest BCUT2D eigenvalue weighted by atomic mass is 16.9. The molecule has 2 saturated heterocycles. The first-order chi connectivity index (χ1) is 14.2. The van der Waals surface area contributed by atoms with Gasteiger partial charge in [-0.15, -0.1) is 0 Å². The van der Waals surface area contributed by atoms with E-state index in [-0.39, 0.29) is 38.5 Å². The van der Waals surface area contributed by atoms with Gasteiger partial charge in [-0.25, -0.2) is 0 Å². The highest BCUT2D eigenvalue weighted by molar-refractivity contribution is 5.74. The summed E-state index contributed by atoms with van der Waals surface area (Å²) in [4.78, 5) is 49.5. The van der Waals surface area contributed by atoms with Crippen LogP contribution in [-0.2, 0) is 38.1 Å². The van der Waals surface area contributed by atoms with Crippen molar-refractivity contribution in [2.75, 3.05) is 0 Å². The van der Waals surface area contributed by atoms with Crippen molar-refractivity contribution in [3.05, 3.63) is 0 Å². The molecule has 2 aliphatic heterocycles. The van der Waals surface area contributed by atoms with E-state index in [9.17, 15) is 29.4 Å². The largest absolute Gasteiger partial charge is 0.455 e. The van der Waals surface area contributed by atoms with Crippen LogP contribution in [0.2, 0.25) is 0 Å². The number of hydrogen-bond donors (Lipinski definition) is 2. The zero-order chi connectivity index (χ0) is 22.4. The summed E-state index contributed by atoms with van der Waals surface area (Å²) in [6, 6.07) is 0. The van der Waals surface area contributed by atoms with Crippen molar-refractivity contribution in [3.63, 3.8) is 0 Å². The molecule has 2 N–H and O–H groups in total. The standard InChI is InChI=1S/C20H30O10/c1-3-13(21)18-19(4-2,28-15(23)10-6-5-9-14(22)27-18)20(26)29-16(24)11-7-8-12-17(25)30-20/h13,18,21,26H,3-12H2,1-2H3. The van der Waals surface area contributed by atoms with Crippen LogP contribution in [0.5, 0.6) is 0 Å². The fourth-order valence-electron chi connectivity index (χ4n) is 3.63. The van der Waals surface area contributed by atoms with Crippen molar-refractivity contribution in [1.29, 1.82) is 0 Å². The Morgan fingerprint density at radius 3 is 1.70 bits per heavy atom.